The predicted octanol–water partition coefficient (Wildman–Crippen LogP) is 2.85. The Morgan fingerprint density at radius 2 is 1.64 bits per heavy atom. The molecule has 0 aromatic heterocycles. The van der Waals surface area contributed by atoms with E-state index in [1.165, 1.54) is 0 Å². The van der Waals surface area contributed by atoms with Crippen LogP contribution in [0.2, 0.25) is 0 Å². The minimum absolute atomic E-state index is 0.0163. The number of carbonyl (C=O) groups excluding carboxylic acids is 3. The van der Waals surface area contributed by atoms with E-state index in [2.05, 4.69) is 21.3 Å². The van der Waals surface area contributed by atoms with Gasteiger partial charge in [0.2, 0.25) is 17.7 Å². The highest BCUT2D eigenvalue weighted by Gasteiger charge is 2.36. The second-order valence-corrected chi connectivity index (χ2v) is 14.5. The van der Waals surface area contributed by atoms with Gasteiger partial charge in [0, 0.05) is 25.6 Å². The highest BCUT2D eigenvalue weighted by molar-refractivity contribution is 7.92. The lowest BCUT2D eigenvalue weighted by Crippen LogP contribution is -2.58. The van der Waals surface area contributed by atoms with E-state index in [4.69, 9.17) is 0 Å². The Hall–Kier alpha value is -3.42. The Bertz CT molecular complexity index is 1450. The number of amides is 3. The van der Waals surface area contributed by atoms with Crippen molar-refractivity contribution in [2.24, 2.45) is 0 Å². The first kappa shape index (κ1) is 38.0. The molecule has 1 unspecified atom stereocenters. The van der Waals surface area contributed by atoms with Crippen LogP contribution in [0.1, 0.15) is 76.0 Å². The van der Waals surface area contributed by atoms with Gasteiger partial charge in [-0.15, -0.1) is 0 Å². The first-order valence-corrected chi connectivity index (χ1v) is 18.1. The maximum Gasteiger partial charge on any atom is 0.243 e. The van der Waals surface area contributed by atoms with Gasteiger partial charge in [0.1, 0.15) is 23.7 Å². The smallest absolute Gasteiger partial charge is 0.243 e. The second kappa shape index (κ2) is 18.2. The molecule has 1 heterocycles. The number of hydrogen-bond acceptors (Lipinski definition) is 7. The van der Waals surface area contributed by atoms with Crippen molar-refractivity contribution in [1.29, 1.82) is 0 Å². The van der Waals surface area contributed by atoms with Gasteiger partial charge in [-0.3, -0.25) is 14.4 Å². The molecule has 1 aliphatic rings. The molecule has 5 N–H and O–H groups in total. The number of benzene rings is 2. The van der Waals surface area contributed by atoms with E-state index >= 15 is 0 Å². The zero-order chi connectivity index (χ0) is 34.6. The van der Waals surface area contributed by atoms with E-state index in [0.717, 1.165) is 29.7 Å². The number of rotatable bonds is 19. The van der Waals surface area contributed by atoms with E-state index in [0.29, 0.717) is 38.3 Å². The van der Waals surface area contributed by atoms with E-state index < -0.39 is 68.5 Å². The molecule has 2 aromatic carbocycles. The molecule has 47 heavy (non-hydrogen) atoms. The summed E-state index contributed by atoms with van der Waals surface area (Å²) in [7, 11) is -3.88. The summed E-state index contributed by atoms with van der Waals surface area (Å²) in [4.78, 5) is 38.6. The van der Waals surface area contributed by atoms with Crippen molar-refractivity contribution in [2.45, 2.75) is 108 Å². The third kappa shape index (κ3) is 12.0. The van der Waals surface area contributed by atoms with Gasteiger partial charge in [0.25, 0.3) is 0 Å². The molecule has 13 heteroatoms. The lowest BCUT2D eigenvalue weighted by Gasteiger charge is -2.28. The largest absolute Gasteiger partial charge is 0.390 e. The van der Waals surface area contributed by atoms with Crippen LogP contribution >= 0.6 is 0 Å². The molecule has 0 saturated carbocycles. The van der Waals surface area contributed by atoms with Crippen LogP contribution in [0.4, 0.5) is 8.78 Å². The minimum Gasteiger partial charge on any atom is -0.390 e. The van der Waals surface area contributed by atoms with E-state index in [-0.39, 0.29) is 37.3 Å². The fourth-order valence-corrected chi connectivity index (χ4v) is 7.96. The monoisotopic (exact) mass is 678 g/mol. The number of carbonyl (C=O) groups is 3. The van der Waals surface area contributed by atoms with Crippen molar-refractivity contribution in [3.8, 4) is 0 Å². The Morgan fingerprint density at radius 1 is 0.979 bits per heavy atom. The summed E-state index contributed by atoms with van der Waals surface area (Å²) in [6.45, 7) is 6.15. The quantitative estimate of drug-likeness (QED) is 0.153. The Morgan fingerprint density at radius 3 is 2.23 bits per heavy atom. The van der Waals surface area contributed by atoms with Gasteiger partial charge in [-0.1, -0.05) is 57.9 Å². The molecule has 0 spiro atoms. The summed E-state index contributed by atoms with van der Waals surface area (Å²) in [5.74, 6) is -4.27. The summed E-state index contributed by atoms with van der Waals surface area (Å²) in [6, 6.07) is 7.19. The van der Waals surface area contributed by atoms with Crippen molar-refractivity contribution >= 4 is 27.6 Å². The molecule has 3 rings (SSSR count). The van der Waals surface area contributed by atoms with Crippen molar-refractivity contribution < 1.29 is 36.7 Å². The van der Waals surface area contributed by atoms with Crippen LogP contribution in [0.25, 0.3) is 0 Å². The molecule has 3 amide bonds. The van der Waals surface area contributed by atoms with Crippen LogP contribution in [-0.2, 0) is 43.6 Å². The molecule has 1 aliphatic heterocycles. The molecule has 2 aromatic rings. The van der Waals surface area contributed by atoms with Crippen LogP contribution in [0.5, 0.6) is 0 Å². The summed E-state index contributed by atoms with van der Waals surface area (Å²) >= 11 is 0. The van der Waals surface area contributed by atoms with Crippen LogP contribution in [0.3, 0.4) is 0 Å². The fourth-order valence-electron chi connectivity index (χ4n) is 5.80. The highest BCUT2D eigenvalue weighted by Crippen LogP contribution is 2.18. The van der Waals surface area contributed by atoms with Gasteiger partial charge < -0.3 is 26.4 Å². The van der Waals surface area contributed by atoms with Crippen LogP contribution < -0.4 is 21.3 Å². The number of hydrogen-bond donors (Lipinski definition) is 5. The fraction of sp³-hybridized carbons (Fsp3) is 0.559. The number of aryl methyl sites for hydroxylation is 1. The molecule has 0 bridgehead atoms. The lowest BCUT2D eigenvalue weighted by atomic mass is 10.00. The highest BCUT2D eigenvalue weighted by atomic mass is 32.2. The Labute approximate surface area is 276 Å². The normalized spacial score (nSPS) is 16.8. The van der Waals surface area contributed by atoms with Crippen molar-refractivity contribution in [3.05, 3.63) is 70.8 Å². The topological polar surface area (TPSA) is 154 Å². The standard InChI is InChI=1S/C34H48F2N4O6S/c1-4-8-27(9-5-2)47(45,46)21-30(40-33(43)28-12-13-32(42)38-28)34(44)39-29(17-24-15-25(35)18-26(36)16-24)31(41)20-37-19-23-11-7-10-22(6-3)14-23/h7,10-11,14-16,18,27-31,37,41H,4-6,8-9,12-13,17,19-21H2,1-3H3,(H,38,42)(H,39,44)(H,40,43)/t28-,29+,30+,31?/m1/s1. The first-order chi connectivity index (χ1) is 22.3. The zero-order valence-electron chi connectivity index (χ0n) is 27.4. The van der Waals surface area contributed by atoms with Gasteiger partial charge >= 0.3 is 0 Å². The van der Waals surface area contributed by atoms with Crippen molar-refractivity contribution in [2.75, 3.05) is 12.3 Å². The van der Waals surface area contributed by atoms with Crippen LogP contribution in [0.15, 0.2) is 42.5 Å². The number of sulfone groups is 1. The number of aliphatic hydroxyl groups excluding tert-OH is 1. The molecular formula is C34H48F2N4O6S. The van der Waals surface area contributed by atoms with Gasteiger partial charge in [-0.05, 0) is 60.9 Å². The number of nitrogens with one attached hydrogen (secondary N) is 4. The second-order valence-electron chi connectivity index (χ2n) is 12.2. The SMILES string of the molecule is CCCC(CCC)S(=O)(=O)C[C@H](NC(=O)[C@H]1CCC(=O)N1)C(=O)N[C@@H](Cc1cc(F)cc(F)c1)C(O)CNCc1cccc(CC)c1. The van der Waals surface area contributed by atoms with Gasteiger partial charge in [0.05, 0.1) is 23.1 Å². The van der Waals surface area contributed by atoms with Gasteiger partial charge in [-0.25, -0.2) is 17.2 Å². The predicted molar refractivity (Wildman–Crippen MR) is 176 cm³/mol. The number of halogens is 2. The van der Waals surface area contributed by atoms with E-state index in [1.54, 1.807) is 0 Å². The molecule has 0 aliphatic carbocycles. The molecule has 4 atom stereocenters. The first-order valence-electron chi connectivity index (χ1n) is 16.4. The van der Waals surface area contributed by atoms with Gasteiger partial charge in [-0.2, -0.15) is 0 Å². The van der Waals surface area contributed by atoms with Crippen LogP contribution in [-0.4, -0.2) is 73.0 Å². The molecule has 260 valence electrons. The third-order valence-electron chi connectivity index (χ3n) is 8.33. The average molecular weight is 679 g/mol. The summed E-state index contributed by atoms with van der Waals surface area (Å²) < 4.78 is 55.3. The minimum atomic E-state index is -3.88. The summed E-state index contributed by atoms with van der Waals surface area (Å²) in [5.41, 5.74) is 2.28. The molecule has 1 fully saturated rings. The van der Waals surface area contributed by atoms with Gasteiger partial charge in [0.15, 0.2) is 9.84 Å². The van der Waals surface area contributed by atoms with Crippen molar-refractivity contribution in [3.63, 3.8) is 0 Å². The van der Waals surface area contributed by atoms with E-state index in [9.17, 15) is 36.7 Å². The van der Waals surface area contributed by atoms with Crippen LogP contribution in [0, 0.1) is 11.6 Å². The van der Waals surface area contributed by atoms with Crippen molar-refractivity contribution in [1.82, 2.24) is 21.3 Å². The molecule has 0 radical (unpaired) electrons. The Balaban J connectivity index is 1.85. The molecular weight excluding hydrogens is 630 g/mol. The Kier molecular flexibility index (Phi) is 14.7. The van der Waals surface area contributed by atoms with E-state index in [1.807, 2.05) is 45.0 Å². The maximum absolute atomic E-state index is 14.1. The molecule has 10 nitrogen and oxygen atoms in total. The maximum atomic E-state index is 14.1. The number of aliphatic hydroxyl groups is 1. The third-order valence-corrected chi connectivity index (χ3v) is 10.6. The average Bonchev–Trinajstić information content (AvgIpc) is 3.46. The summed E-state index contributed by atoms with van der Waals surface area (Å²) in [6.07, 6.45) is 1.70. The lowest BCUT2D eigenvalue weighted by molar-refractivity contribution is -0.130. The molecule has 1 saturated heterocycles. The zero-order valence-corrected chi connectivity index (χ0v) is 28.2. The summed E-state index contributed by atoms with van der Waals surface area (Å²) in [5, 5.41) is 21.4.